The van der Waals surface area contributed by atoms with E-state index in [-0.39, 0.29) is 29.3 Å². The number of hydrogen-bond acceptors (Lipinski definition) is 4. The van der Waals surface area contributed by atoms with Gasteiger partial charge in [0.2, 0.25) is 0 Å². The molecule has 0 spiro atoms. The first-order chi connectivity index (χ1) is 11.2. The Morgan fingerprint density at radius 2 is 1.79 bits per heavy atom. The van der Waals surface area contributed by atoms with Gasteiger partial charge in [-0.05, 0) is 65.1 Å². The molecule has 0 unspecified atom stereocenters. The molecule has 0 radical (unpaired) electrons. The topological polar surface area (TPSA) is 80.9 Å². The van der Waals surface area contributed by atoms with E-state index in [1.54, 1.807) is 0 Å². The molecule has 3 aliphatic rings. The molecule has 3 rings (SSSR count). The van der Waals surface area contributed by atoms with Crippen molar-refractivity contribution in [3.8, 4) is 0 Å². The molecule has 1 fully saturated rings. The van der Waals surface area contributed by atoms with Crippen molar-refractivity contribution in [2.45, 2.75) is 71.7 Å². The Balaban J connectivity index is 2.18. The van der Waals surface area contributed by atoms with Crippen molar-refractivity contribution in [3.63, 3.8) is 0 Å². The minimum Gasteiger partial charge on any atom is -0.392 e. The predicted octanol–water partition coefficient (Wildman–Crippen LogP) is 2.17. The summed E-state index contributed by atoms with van der Waals surface area (Å²) in [5.74, 6) is 0.293. The lowest BCUT2D eigenvalue weighted by atomic mass is 9.65. The van der Waals surface area contributed by atoms with Gasteiger partial charge in [-0.2, -0.15) is 0 Å². The van der Waals surface area contributed by atoms with E-state index < -0.39 is 18.3 Å². The van der Waals surface area contributed by atoms with Crippen LogP contribution in [0, 0.1) is 22.7 Å². The molecule has 0 aromatic heterocycles. The maximum atomic E-state index is 10.7. The zero-order valence-electron chi connectivity index (χ0n) is 15.3. The molecule has 4 heteroatoms. The highest BCUT2D eigenvalue weighted by molar-refractivity contribution is 5.45. The van der Waals surface area contributed by atoms with Crippen LogP contribution in [0.3, 0.4) is 0 Å². The summed E-state index contributed by atoms with van der Waals surface area (Å²) in [4.78, 5) is 0. The van der Waals surface area contributed by atoms with Crippen molar-refractivity contribution in [2.75, 3.05) is 6.61 Å². The van der Waals surface area contributed by atoms with E-state index in [1.807, 2.05) is 6.08 Å². The summed E-state index contributed by atoms with van der Waals surface area (Å²) >= 11 is 0. The van der Waals surface area contributed by atoms with Gasteiger partial charge in [-0.15, -0.1) is 0 Å². The summed E-state index contributed by atoms with van der Waals surface area (Å²) in [6.07, 6.45) is 3.20. The highest BCUT2D eigenvalue weighted by Crippen LogP contribution is 2.59. The van der Waals surface area contributed by atoms with Crippen LogP contribution in [0.1, 0.15) is 53.4 Å². The van der Waals surface area contributed by atoms with Gasteiger partial charge in [-0.25, -0.2) is 0 Å². The molecule has 0 bridgehead atoms. The predicted molar refractivity (Wildman–Crippen MR) is 93.2 cm³/mol. The van der Waals surface area contributed by atoms with Crippen LogP contribution < -0.4 is 0 Å². The lowest BCUT2D eigenvalue weighted by Gasteiger charge is -2.40. The van der Waals surface area contributed by atoms with Gasteiger partial charge in [-0.1, -0.05) is 33.8 Å². The molecule has 0 saturated heterocycles. The van der Waals surface area contributed by atoms with Gasteiger partial charge in [0.1, 0.15) is 6.10 Å². The van der Waals surface area contributed by atoms with E-state index >= 15 is 0 Å². The second-order valence-corrected chi connectivity index (χ2v) is 8.93. The minimum absolute atomic E-state index is 0.0191. The Kier molecular flexibility index (Phi) is 4.49. The van der Waals surface area contributed by atoms with Gasteiger partial charge in [0.25, 0.3) is 0 Å². The first kappa shape index (κ1) is 18.1. The number of allylic oxidation sites excluding steroid dienone is 2. The van der Waals surface area contributed by atoms with Crippen molar-refractivity contribution in [1.82, 2.24) is 0 Å². The molecular weight excluding hydrogens is 304 g/mol. The Bertz CT molecular complexity index is 578. The fourth-order valence-corrected chi connectivity index (χ4v) is 5.72. The average Bonchev–Trinajstić information content (AvgIpc) is 2.62. The molecule has 0 amide bonds. The second-order valence-electron chi connectivity index (χ2n) is 8.93. The van der Waals surface area contributed by atoms with Crippen molar-refractivity contribution >= 4 is 0 Å². The standard InChI is InChI=1S/C20H32O4/c1-11(2)16-18(24)17(23)14-9-13-12(10-21)15(22)5-6-19(13,3)7-8-20(14,16)4/h9,11,15-18,21-24H,5-8,10H2,1-4H3/t15-,16+,17+,18+,19+,20+/m1/s1. The smallest absolute Gasteiger partial charge is 0.102 e. The zero-order valence-corrected chi connectivity index (χ0v) is 15.3. The summed E-state index contributed by atoms with van der Waals surface area (Å²) in [6, 6.07) is 0. The minimum atomic E-state index is -0.865. The molecule has 4 nitrogen and oxygen atoms in total. The molecule has 24 heavy (non-hydrogen) atoms. The average molecular weight is 336 g/mol. The van der Waals surface area contributed by atoms with Crippen LogP contribution in [0.15, 0.2) is 22.8 Å². The largest absolute Gasteiger partial charge is 0.392 e. The Morgan fingerprint density at radius 3 is 2.38 bits per heavy atom. The third kappa shape index (κ3) is 2.42. The van der Waals surface area contributed by atoms with Gasteiger partial charge < -0.3 is 20.4 Å². The summed E-state index contributed by atoms with van der Waals surface area (Å²) in [5, 5.41) is 41.5. The first-order valence-electron chi connectivity index (χ1n) is 9.26. The first-order valence-corrected chi connectivity index (χ1v) is 9.26. The number of aliphatic hydroxyl groups is 4. The lowest BCUT2D eigenvalue weighted by Crippen LogP contribution is -2.35. The normalized spacial score (nSPS) is 45.8. The molecule has 0 aliphatic heterocycles. The quantitative estimate of drug-likeness (QED) is 0.623. The fourth-order valence-electron chi connectivity index (χ4n) is 5.72. The van der Waals surface area contributed by atoms with Crippen LogP contribution in [-0.2, 0) is 0 Å². The van der Waals surface area contributed by atoms with Crippen molar-refractivity contribution in [1.29, 1.82) is 0 Å². The maximum absolute atomic E-state index is 10.7. The van der Waals surface area contributed by atoms with E-state index in [1.165, 1.54) is 0 Å². The second kappa shape index (κ2) is 5.94. The molecule has 4 N–H and O–H groups in total. The van der Waals surface area contributed by atoms with Gasteiger partial charge in [0, 0.05) is 0 Å². The highest BCUT2D eigenvalue weighted by Gasteiger charge is 2.56. The van der Waals surface area contributed by atoms with Crippen LogP contribution in [0.5, 0.6) is 0 Å². The summed E-state index contributed by atoms with van der Waals surface area (Å²) < 4.78 is 0. The zero-order chi connectivity index (χ0) is 17.9. The third-order valence-electron chi connectivity index (χ3n) is 7.16. The van der Waals surface area contributed by atoms with Crippen LogP contribution in [0.2, 0.25) is 0 Å². The molecule has 0 heterocycles. The van der Waals surface area contributed by atoms with Gasteiger partial charge in [0.05, 0.1) is 18.8 Å². The molecule has 0 aromatic rings. The maximum Gasteiger partial charge on any atom is 0.102 e. The number of aliphatic hydroxyl groups excluding tert-OH is 4. The van der Waals surface area contributed by atoms with Gasteiger partial charge in [0.15, 0.2) is 0 Å². The Morgan fingerprint density at radius 1 is 1.12 bits per heavy atom. The van der Waals surface area contributed by atoms with Crippen LogP contribution in [-0.4, -0.2) is 45.3 Å². The van der Waals surface area contributed by atoms with Gasteiger partial charge in [-0.3, -0.25) is 0 Å². The van der Waals surface area contributed by atoms with E-state index in [2.05, 4.69) is 27.7 Å². The number of rotatable bonds is 2. The van der Waals surface area contributed by atoms with E-state index in [4.69, 9.17) is 0 Å². The Labute approximate surface area is 144 Å². The Hall–Kier alpha value is -0.680. The molecule has 3 aliphatic carbocycles. The van der Waals surface area contributed by atoms with Crippen LogP contribution in [0.25, 0.3) is 0 Å². The molecular formula is C20H32O4. The van der Waals surface area contributed by atoms with E-state index in [0.717, 1.165) is 30.4 Å². The highest BCUT2D eigenvalue weighted by atomic mass is 16.3. The van der Waals surface area contributed by atoms with Crippen LogP contribution in [0.4, 0.5) is 0 Å². The molecule has 0 aromatic carbocycles. The number of hydrogen-bond donors (Lipinski definition) is 4. The lowest BCUT2D eigenvalue weighted by molar-refractivity contribution is -0.00159. The van der Waals surface area contributed by atoms with E-state index in [0.29, 0.717) is 12.0 Å². The van der Waals surface area contributed by atoms with Gasteiger partial charge >= 0.3 is 0 Å². The summed E-state index contributed by atoms with van der Waals surface area (Å²) in [7, 11) is 0. The van der Waals surface area contributed by atoms with Crippen molar-refractivity contribution < 1.29 is 20.4 Å². The van der Waals surface area contributed by atoms with Crippen molar-refractivity contribution in [2.24, 2.45) is 22.7 Å². The fraction of sp³-hybridized carbons (Fsp3) is 0.800. The number of fused-ring (bicyclic) bond motifs is 2. The molecule has 6 atom stereocenters. The summed E-state index contributed by atoms with van der Waals surface area (Å²) in [6.45, 7) is 8.43. The van der Waals surface area contributed by atoms with Crippen molar-refractivity contribution in [3.05, 3.63) is 22.8 Å². The van der Waals surface area contributed by atoms with E-state index in [9.17, 15) is 20.4 Å². The third-order valence-corrected chi connectivity index (χ3v) is 7.16. The molecule has 1 saturated carbocycles. The monoisotopic (exact) mass is 336 g/mol. The molecule has 136 valence electrons. The SMILES string of the molecule is CC(C)[C@H]1[C@H](O)[C@@H](O)C2=CC3=C(CO)[C@H](O)CC[C@@]3(C)CC[C@@]21C. The summed E-state index contributed by atoms with van der Waals surface area (Å²) in [5.41, 5.74) is 2.23. The van der Waals surface area contributed by atoms with Crippen LogP contribution >= 0.6 is 0 Å².